The fraction of sp³-hybridized carbons (Fsp3) is 1.00. The van der Waals surface area contributed by atoms with E-state index in [0.29, 0.717) is 18.9 Å². The zero-order valence-corrected chi connectivity index (χ0v) is 12.1. The van der Waals surface area contributed by atoms with Gasteiger partial charge in [-0.15, -0.1) is 0 Å². The highest BCUT2D eigenvalue weighted by atomic mass is 19.4. The topological polar surface area (TPSA) is 24.5 Å². The maximum atomic E-state index is 12.8. The van der Waals surface area contributed by atoms with E-state index in [4.69, 9.17) is 4.74 Å². The number of alkyl halides is 3. The van der Waals surface area contributed by atoms with Crippen LogP contribution in [0.25, 0.3) is 0 Å². The Morgan fingerprint density at radius 2 is 2.15 bits per heavy atom. The number of hydrogen-bond acceptors (Lipinski definition) is 3. The molecule has 0 aliphatic carbocycles. The smallest absolute Gasteiger partial charge is 0.381 e. The first-order valence-corrected chi connectivity index (χ1v) is 7.61. The van der Waals surface area contributed by atoms with Crippen molar-refractivity contribution in [1.29, 1.82) is 0 Å². The molecular formula is C14H25F3N2O. The molecular weight excluding hydrogens is 269 g/mol. The number of nitrogens with zero attached hydrogens (tertiary/aromatic N) is 1. The second kappa shape index (κ2) is 7.09. The van der Waals surface area contributed by atoms with Crippen molar-refractivity contribution >= 4 is 0 Å². The van der Waals surface area contributed by atoms with Crippen molar-refractivity contribution in [3.8, 4) is 0 Å². The molecule has 0 radical (unpaired) electrons. The van der Waals surface area contributed by atoms with Gasteiger partial charge in [0.1, 0.15) is 0 Å². The van der Waals surface area contributed by atoms with Crippen molar-refractivity contribution in [3.05, 3.63) is 0 Å². The number of hydrogen-bond donors (Lipinski definition) is 1. The molecule has 0 spiro atoms. The summed E-state index contributed by atoms with van der Waals surface area (Å²) in [5, 5.41) is 3.42. The number of piperidine rings is 1. The van der Waals surface area contributed by atoms with Crippen LogP contribution in [0.15, 0.2) is 0 Å². The van der Waals surface area contributed by atoms with Crippen LogP contribution in [-0.4, -0.2) is 56.5 Å². The Balaban J connectivity index is 1.88. The van der Waals surface area contributed by atoms with Crippen LogP contribution in [0.2, 0.25) is 0 Å². The number of rotatable bonds is 5. The maximum Gasteiger partial charge on any atom is 0.393 e. The molecule has 2 heterocycles. The van der Waals surface area contributed by atoms with E-state index >= 15 is 0 Å². The van der Waals surface area contributed by atoms with Gasteiger partial charge < -0.3 is 15.0 Å². The van der Waals surface area contributed by atoms with Crippen molar-refractivity contribution in [3.63, 3.8) is 0 Å². The van der Waals surface area contributed by atoms with Gasteiger partial charge in [0.05, 0.1) is 12.5 Å². The van der Waals surface area contributed by atoms with Crippen molar-refractivity contribution < 1.29 is 17.9 Å². The minimum absolute atomic E-state index is 0.152. The van der Waals surface area contributed by atoms with Crippen LogP contribution in [0.4, 0.5) is 13.2 Å². The zero-order valence-electron chi connectivity index (χ0n) is 12.1. The summed E-state index contributed by atoms with van der Waals surface area (Å²) in [5.41, 5.74) is 0. The highest BCUT2D eigenvalue weighted by molar-refractivity contribution is 4.85. The van der Waals surface area contributed by atoms with Crippen LogP contribution in [-0.2, 0) is 4.74 Å². The Kier molecular flexibility index (Phi) is 5.69. The molecule has 0 amide bonds. The molecule has 0 aromatic heterocycles. The highest BCUT2D eigenvalue weighted by Crippen LogP contribution is 2.33. The first kappa shape index (κ1) is 16.0. The Hall–Kier alpha value is -0.330. The molecule has 6 heteroatoms. The summed E-state index contributed by atoms with van der Waals surface area (Å²) in [6.07, 6.45) is -2.13. The van der Waals surface area contributed by atoms with Crippen LogP contribution in [0, 0.1) is 11.8 Å². The lowest BCUT2D eigenvalue weighted by Crippen LogP contribution is -2.50. The molecule has 2 aliphatic heterocycles. The standard InChI is InChI=1S/C14H25F3N2O/c1-2-18-13(11-5-7-20-10-11)9-19-6-3-4-12(8-19)14(15,16)17/h11-13,18H,2-10H2,1H3. The van der Waals surface area contributed by atoms with Gasteiger partial charge in [0.2, 0.25) is 0 Å². The van der Waals surface area contributed by atoms with E-state index in [-0.39, 0.29) is 19.0 Å². The minimum Gasteiger partial charge on any atom is -0.381 e. The van der Waals surface area contributed by atoms with Crippen LogP contribution < -0.4 is 5.32 Å². The van der Waals surface area contributed by atoms with E-state index in [2.05, 4.69) is 5.32 Å². The highest BCUT2D eigenvalue weighted by Gasteiger charge is 2.42. The molecule has 0 bridgehead atoms. The second-order valence-corrected chi connectivity index (χ2v) is 5.93. The molecule has 3 atom stereocenters. The van der Waals surface area contributed by atoms with Gasteiger partial charge in [-0.2, -0.15) is 13.2 Å². The summed E-state index contributed by atoms with van der Waals surface area (Å²) in [4.78, 5) is 1.98. The van der Waals surface area contributed by atoms with Gasteiger partial charge in [0.25, 0.3) is 0 Å². The van der Waals surface area contributed by atoms with Crippen molar-refractivity contribution in [2.24, 2.45) is 11.8 Å². The predicted molar refractivity (Wildman–Crippen MR) is 71.6 cm³/mol. The van der Waals surface area contributed by atoms with E-state index in [0.717, 1.165) is 32.7 Å². The Morgan fingerprint density at radius 3 is 2.75 bits per heavy atom. The number of likely N-dealkylation sites (N-methyl/N-ethyl adjacent to an activating group) is 1. The van der Waals surface area contributed by atoms with Crippen LogP contribution in [0.1, 0.15) is 26.2 Å². The Bertz CT molecular complexity index is 293. The molecule has 0 saturated carbocycles. The molecule has 2 saturated heterocycles. The molecule has 2 rings (SSSR count). The van der Waals surface area contributed by atoms with Gasteiger partial charge in [0.15, 0.2) is 0 Å². The van der Waals surface area contributed by atoms with Gasteiger partial charge in [-0.3, -0.25) is 0 Å². The minimum atomic E-state index is -4.05. The third-order valence-corrected chi connectivity index (χ3v) is 4.42. The summed E-state index contributed by atoms with van der Waals surface area (Å²) >= 11 is 0. The van der Waals surface area contributed by atoms with Gasteiger partial charge >= 0.3 is 6.18 Å². The molecule has 1 N–H and O–H groups in total. The van der Waals surface area contributed by atoms with Gasteiger partial charge in [-0.25, -0.2) is 0 Å². The first-order valence-electron chi connectivity index (χ1n) is 7.61. The van der Waals surface area contributed by atoms with E-state index in [1.165, 1.54) is 0 Å². The van der Waals surface area contributed by atoms with E-state index in [1.807, 2.05) is 11.8 Å². The van der Waals surface area contributed by atoms with E-state index in [9.17, 15) is 13.2 Å². The number of nitrogens with one attached hydrogen (secondary N) is 1. The monoisotopic (exact) mass is 294 g/mol. The van der Waals surface area contributed by atoms with Gasteiger partial charge in [-0.05, 0) is 32.4 Å². The number of likely N-dealkylation sites (tertiary alicyclic amines) is 1. The van der Waals surface area contributed by atoms with Crippen molar-refractivity contribution in [1.82, 2.24) is 10.2 Å². The maximum absolute atomic E-state index is 12.8. The number of halogens is 3. The Morgan fingerprint density at radius 1 is 1.35 bits per heavy atom. The van der Waals surface area contributed by atoms with Crippen molar-refractivity contribution in [2.45, 2.75) is 38.4 Å². The lowest BCUT2D eigenvalue weighted by Gasteiger charge is -2.37. The van der Waals surface area contributed by atoms with Crippen LogP contribution in [0.3, 0.4) is 0 Å². The number of ether oxygens (including phenoxy) is 1. The molecule has 0 aromatic rings. The van der Waals surface area contributed by atoms with Gasteiger partial charge in [0, 0.05) is 31.7 Å². The summed E-state index contributed by atoms with van der Waals surface area (Å²) < 4.78 is 43.9. The van der Waals surface area contributed by atoms with E-state index in [1.54, 1.807) is 0 Å². The lowest BCUT2D eigenvalue weighted by molar-refractivity contribution is -0.187. The zero-order chi connectivity index (χ0) is 14.6. The summed E-state index contributed by atoms with van der Waals surface area (Å²) in [5.74, 6) is -0.723. The average molecular weight is 294 g/mol. The third kappa shape index (κ3) is 4.33. The second-order valence-electron chi connectivity index (χ2n) is 5.93. The summed E-state index contributed by atoms with van der Waals surface area (Å²) in [6, 6.07) is 0.245. The molecule has 2 aliphatic rings. The molecule has 20 heavy (non-hydrogen) atoms. The molecule has 3 nitrogen and oxygen atoms in total. The van der Waals surface area contributed by atoms with E-state index < -0.39 is 12.1 Å². The van der Waals surface area contributed by atoms with Gasteiger partial charge in [-0.1, -0.05) is 6.92 Å². The largest absolute Gasteiger partial charge is 0.393 e. The third-order valence-electron chi connectivity index (χ3n) is 4.42. The summed E-state index contributed by atoms with van der Waals surface area (Å²) in [7, 11) is 0. The molecule has 3 unspecified atom stereocenters. The lowest BCUT2D eigenvalue weighted by atomic mass is 9.94. The predicted octanol–water partition coefficient (Wildman–Crippen LogP) is 2.28. The van der Waals surface area contributed by atoms with Crippen molar-refractivity contribution in [2.75, 3.05) is 39.4 Å². The molecule has 2 fully saturated rings. The Labute approximate surface area is 118 Å². The molecule has 0 aromatic carbocycles. The van der Waals surface area contributed by atoms with Crippen LogP contribution in [0.5, 0.6) is 0 Å². The molecule has 118 valence electrons. The average Bonchev–Trinajstić information content (AvgIpc) is 2.91. The first-order chi connectivity index (χ1) is 9.50. The fourth-order valence-electron chi connectivity index (χ4n) is 3.28. The SMILES string of the molecule is CCNC(CN1CCCC(C(F)(F)F)C1)C1CCOC1. The quantitative estimate of drug-likeness (QED) is 0.842. The van der Waals surface area contributed by atoms with Crippen LogP contribution >= 0.6 is 0 Å². The normalized spacial score (nSPS) is 30.6. The summed E-state index contributed by atoms with van der Waals surface area (Å²) in [6.45, 7) is 6.02. The fourth-order valence-corrected chi connectivity index (χ4v) is 3.28.